The van der Waals surface area contributed by atoms with Gasteiger partial charge in [-0.15, -0.1) is 0 Å². The van der Waals surface area contributed by atoms with E-state index >= 15 is 0 Å². The van der Waals surface area contributed by atoms with Gasteiger partial charge in [-0.1, -0.05) is 26.8 Å². The highest BCUT2D eigenvalue weighted by Gasteiger charge is 2.03. The van der Waals surface area contributed by atoms with Crippen molar-refractivity contribution in [2.24, 2.45) is 5.73 Å². The van der Waals surface area contributed by atoms with E-state index in [0.717, 1.165) is 25.0 Å². The van der Waals surface area contributed by atoms with E-state index in [2.05, 4.69) is 39.0 Å². The number of rotatable bonds is 6. The average molecular weight is 221 g/mol. The second-order valence-corrected chi connectivity index (χ2v) is 4.17. The van der Waals surface area contributed by atoms with Crippen molar-refractivity contribution < 1.29 is 4.74 Å². The Morgan fingerprint density at radius 3 is 2.06 bits per heavy atom. The molecule has 1 atom stereocenters. The number of hydrogen-bond acceptors (Lipinski definition) is 2. The summed E-state index contributed by atoms with van der Waals surface area (Å²) in [6.45, 7) is 7.01. The van der Waals surface area contributed by atoms with Gasteiger partial charge in [-0.25, -0.2) is 0 Å². The van der Waals surface area contributed by atoms with Gasteiger partial charge in [0.1, 0.15) is 12.4 Å². The fourth-order valence-corrected chi connectivity index (χ4v) is 1.54. The molecule has 90 valence electrons. The second kappa shape index (κ2) is 6.54. The van der Waals surface area contributed by atoms with Crippen molar-refractivity contribution in [1.82, 2.24) is 0 Å². The molecule has 2 heteroatoms. The van der Waals surface area contributed by atoms with Crippen LogP contribution in [0.5, 0.6) is 5.75 Å². The first kappa shape index (κ1) is 13.0. The topological polar surface area (TPSA) is 35.2 Å². The molecule has 16 heavy (non-hydrogen) atoms. The molecule has 0 aliphatic carbocycles. The van der Waals surface area contributed by atoms with Gasteiger partial charge in [0.15, 0.2) is 0 Å². The zero-order valence-electron chi connectivity index (χ0n) is 10.6. The molecule has 2 nitrogen and oxygen atoms in total. The Labute approximate surface area is 98.8 Å². The van der Waals surface area contributed by atoms with E-state index in [4.69, 9.17) is 10.5 Å². The third-order valence-electron chi connectivity index (χ3n) is 2.83. The summed E-state index contributed by atoms with van der Waals surface area (Å²) in [5.74, 6) is 0.958. The van der Waals surface area contributed by atoms with Gasteiger partial charge in [0.2, 0.25) is 0 Å². The van der Waals surface area contributed by atoms with Crippen LogP contribution in [0.15, 0.2) is 18.2 Å². The van der Waals surface area contributed by atoms with Gasteiger partial charge >= 0.3 is 0 Å². The van der Waals surface area contributed by atoms with E-state index < -0.39 is 0 Å². The van der Waals surface area contributed by atoms with E-state index in [1.807, 2.05) is 0 Å². The molecule has 0 spiro atoms. The first-order valence-electron chi connectivity index (χ1n) is 6.20. The maximum atomic E-state index is 5.84. The van der Waals surface area contributed by atoms with Crippen LogP contribution in [-0.2, 0) is 12.8 Å². The van der Waals surface area contributed by atoms with Crippen molar-refractivity contribution in [3.8, 4) is 5.75 Å². The van der Waals surface area contributed by atoms with Gasteiger partial charge in [-0.2, -0.15) is 0 Å². The quantitative estimate of drug-likeness (QED) is 0.801. The molecule has 1 rings (SSSR count). The lowest BCUT2D eigenvalue weighted by Crippen LogP contribution is -2.26. The predicted molar refractivity (Wildman–Crippen MR) is 69.0 cm³/mol. The van der Waals surface area contributed by atoms with Gasteiger partial charge in [0.05, 0.1) is 0 Å². The lowest BCUT2D eigenvalue weighted by Gasteiger charge is -2.13. The molecule has 0 heterocycles. The third kappa shape index (κ3) is 3.86. The van der Waals surface area contributed by atoms with Gasteiger partial charge in [-0.05, 0) is 42.5 Å². The molecule has 0 fully saturated rings. The van der Waals surface area contributed by atoms with Crippen molar-refractivity contribution in [2.75, 3.05) is 6.61 Å². The molecule has 2 N–H and O–H groups in total. The summed E-state index contributed by atoms with van der Waals surface area (Å²) in [5.41, 5.74) is 8.50. The summed E-state index contributed by atoms with van der Waals surface area (Å²) < 4.78 is 5.72. The molecule has 0 amide bonds. The van der Waals surface area contributed by atoms with Crippen LogP contribution >= 0.6 is 0 Å². The second-order valence-electron chi connectivity index (χ2n) is 4.17. The van der Waals surface area contributed by atoms with Crippen LogP contribution in [0.2, 0.25) is 0 Å². The minimum absolute atomic E-state index is 0.135. The van der Waals surface area contributed by atoms with Gasteiger partial charge in [0, 0.05) is 6.04 Å². The summed E-state index contributed by atoms with van der Waals surface area (Å²) in [7, 11) is 0. The normalized spacial score (nSPS) is 12.5. The Bertz CT molecular complexity index is 300. The fraction of sp³-hybridized carbons (Fsp3) is 0.571. The van der Waals surface area contributed by atoms with Crippen LogP contribution in [0.4, 0.5) is 0 Å². The Morgan fingerprint density at radius 2 is 1.62 bits per heavy atom. The maximum absolute atomic E-state index is 5.84. The van der Waals surface area contributed by atoms with Gasteiger partial charge in [-0.3, -0.25) is 0 Å². The van der Waals surface area contributed by atoms with Crippen LogP contribution in [-0.4, -0.2) is 12.6 Å². The summed E-state index contributed by atoms with van der Waals surface area (Å²) in [4.78, 5) is 0. The predicted octanol–water partition coefficient (Wildman–Crippen LogP) is 2.93. The molecule has 1 aromatic carbocycles. The standard InChI is InChI=1S/C14H23NO/c1-4-11-7-12(5-2)9-14(8-11)16-10-13(15)6-3/h7-9,13H,4-6,10,15H2,1-3H3. The Hall–Kier alpha value is -1.02. The number of aryl methyl sites for hydroxylation is 2. The number of nitrogens with two attached hydrogens (primary N) is 1. The monoisotopic (exact) mass is 221 g/mol. The van der Waals surface area contributed by atoms with Crippen LogP contribution < -0.4 is 10.5 Å². The zero-order valence-corrected chi connectivity index (χ0v) is 10.6. The number of ether oxygens (including phenoxy) is 1. The van der Waals surface area contributed by atoms with E-state index in [9.17, 15) is 0 Å². The molecule has 0 aliphatic heterocycles. The lowest BCUT2D eigenvalue weighted by molar-refractivity contribution is 0.285. The average Bonchev–Trinajstić information content (AvgIpc) is 2.35. The third-order valence-corrected chi connectivity index (χ3v) is 2.83. The highest BCUT2D eigenvalue weighted by molar-refractivity contribution is 5.34. The first-order valence-corrected chi connectivity index (χ1v) is 6.20. The zero-order chi connectivity index (χ0) is 12.0. The van der Waals surface area contributed by atoms with Crippen molar-refractivity contribution in [3.05, 3.63) is 29.3 Å². The Kier molecular flexibility index (Phi) is 5.33. The molecule has 0 bridgehead atoms. The lowest BCUT2D eigenvalue weighted by atomic mass is 10.1. The number of benzene rings is 1. The molecule has 0 aromatic heterocycles. The maximum Gasteiger partial charge on any atom is 0.119 e. The van der Waals surface area contributed by atoms with Crippen molar-refractivity contribution in [1.29, 1.82) is 0 Å². The largest absolute Gasteiger partial charge is 0.492 e. The van der Waals surface area contributed by atoms with E-state index in [1.54, 1.807) is 0 Å². The van der Waals surface area contributed by atoms with E-state index in [1.165, 1.54) is 11.1 Å². The van der Waals surface area contributed by atoms with Crippen LogP contribution in [0.3, 0.4) is 0 Å². The van der Waals surface area contributed by atoms with Gasteiger partial charge < -0.3 is 10.5 Å². The van der Waals surface area contributed by atoms with Crippen LogP contribution in [0.1, 0.15) is 38.3 Å². The smallest absolute Gasteiger partial charge is 0.119 e. The minimum Gasteiger partial charge on any atom is -0.492 e. The summed E-state index contributed by atoms with van der Waals surface area (Å²) in [6.07, 6.45) is 3.04. The molecule has 0 saturated carbocycles. The fourth-order valence-electron chi connectivity index (χ4n) is 1.54. The van der Waals surface area contributed by atoms with Gasteiger partial charge in [0.25, 0.3) is 0 Å². The molecule has 1 unspecified atom stereocenters. The summed E-state index contributed by atoms with van der Waals surface area (Å²) in [5, 5.41) is 0. The molecule has 0 saturated heterocycles. The van der Waals surface area contributed by atoms with Crippen LogP contribution in [0, 0.1) is 0 Å². The highest BCUT2D eigenvalue weighted by Crippen LogP contribution is 2.18. The minimum atomic E-state index is 0.135. The highest BCUT2D eigenvalue weighted by atomic mass is 16.5. The van der Waals surface area contributed by atoms with Crippen molar-refractivity contribution in [2.45, 2.75) is 46.1 Å². The molecular weight excluding hydrogens is 198 g/mol. The van der Waals surface area contributed by atoms with E-state index in [0.29, 0.717) is 6.61 Å². The molecule has 0 aliphatic rings. The van der Waals surface area contributed by atoms with Crippen LogP contribution in [0.25, 0.3) is 0 Å². The Morgan fingerprint density at radius 1 is 1.06 bits per heavy atom. The first-order chi connectivity index (χ1) is 7.69. The van der Waals surface area contributed by atoms with Crippen molar-refractivity contribution in [3.63, 3.8) is 0 Å². The SMILES string of the molecule is CCc1cc(CC)cc(OCC(N)CC)c1. The molecular formula is C14H23NO. The Balaban J connectivity index is 2.71. The van der Waals surface area contributed by atoms with E-state index in [-0.39, 0.29) is 6.04 Å². The van der Waals surface area contributed by atoms with Crippen molar-refractivity contribution >= 4 is 0 Å². The summed E-state index contributed by atoms with van der Waals surface area (Å²) in [6, 6.07) is 6.60. The molecule has 0 radical (unpaired) electrons. The summed E-state index contributed by atoms with van der Waals surface area (Å²) >= 11 is 0. The molecule has 1 aromatic rings. The number of hydrogen-bond donors (Lipinski definition) is 1.